The molecule has 0 saturated carbocycles. The highest BCUT2D eigenvalue weighted by Crippen LogP contribution is 2.04. The third-order valence-electron chi connectivity index (χ3n) is 2.73. The van der Waals surface area contributed by atoms with E-state index in [-0.39, 0.29) is 5.91 Å². The van der Waals surface area contributed by atoms with Crippen molar-refractivity contribution in [1.29, 1.82) is 0 Å². The quantitative estimate of drug-likeness (QED) is 0.713. The smallest absolute Gasteiger partial charge is 0.269 e. The van der Waals surface area contributed by atoms with E-state index in [1.165, 1.54) is 0 Å². The minimum absolute atomic E-state index is 0.0260. The van der Waals surface area contributed by atoms with Crippen molar-refractivity contribution in [2.45, 2.75) is 18.9 Å². The van der Waals surface area contributed by atoms with E-state index in [0.717, 1.165) is 25.9 Å². The van der Waals surface area contributed by atoms with E-state index in [1.807, 2.05) is 0 Å². The molecule has 15 heavy (non-hydrogen) atoms. The van der Waals surface area contributed by atoms with Crippen LogP contribution >= 0.6 is 0 Å². The molecule has 2 N–H and O–H groups in total. The number of piperidine rings is 1. The predicted molar refractivity (Wildman–Crippen MR) is 56.6 cm³/mol. The lowest BCUT2D eigenvalue weighted by molar-refractivity contribution is 0.0920. The van der Waals surface area contributed by atoms with Crippen molar-refractivity contribution < 1.29 is 4.79 Å². The highest BCUT2D eigenvalue weighted by molar-refractivity contribution is 5.92. The first-order chi connectivity index (χ1) is 7.27. The van der Waals surface area contributed by atoms with Gasteiger partial charge < -0.3 is 10.6 Å². The van der Waals surface area contributed by atoms with Crippen LogP contribution in [0.15, 0.2) is 12.3 Å². The molecular weight excluding hydrogens is 192 g/mol. The molecule has 1 aliphatic rings. The second kappa shape index (κ2) is 4.44. The molecule has 2 rings (SSSR count). The summed E-state index contributed by atoms with van der Waals surface area (Å²) in [4.78, 5) is 11.8. The molecule has 1 amide bonds. The summed E-state index contributed by atoms with van der Waals surface area (Å²) in [7, 11) is 1.78. The van der Waals surface area contributed by atoms with E-state index < -0.39 is 0 Å². The van der Waals surface area contributed by atoms with Crippen molar-refractivity contribution >= 4 is 5.91 Å². The summed E-state index contributed by atoms with van der Waals surface area (Å²) in [6, 6.07) is 2.03. The summed E-state index contributed by atoms with van der Waals surface area (Å²) in [6.45, 7) is 1.96. The Hall–Kier alpha value is -1.36. The number of aromatic nitrogens is 2. The number of rotatable bonds is 2. The fraction of sp³-hybridized carbons (Fsp3) is 0.600. The molecule has 0 atom stereocenters. The van der Waals surface area contributed by atoms with Gasteiger partial charge in [0.1, 0.15) is 5.69 Å². The number of carbonyl (C=O) groups excluding carboxylic acids is 1. The van der Waals surface area contributed by atoms with E-state index >= 15 is 0 Å². The Labute approximate surface area is 88.8 Å². The maximum atomic E-state index is 11.8. The molecule has 1 fully saturated rings. The Kier molecular flexibility index (Phi) is 3.01. The molecule has 5 heteroatoms. The standard InChI is InChI=1S/C10H16N4O/c1-14-9(4-7-12-14)10(15)13-8-2-5-11-6-3-8/h4,7-8,11H,2-3,5-6H2,1H3,(H,13,15). The zero-order chi connectivity index (χ0) is 10.7. The van der Waals surface area contributed by atoms with Crippen molar-refractivity contribution in [3.8, 4) is 0 Å². The molecule has 2 heterocycles. The van der Waals surface area contributed by atoms with Gasteiger partial charge in [-0.25, -0.2) is 0 Å². The van der Waals surface area contributed by atoms with Gasteiger partial charge in [0, 0.05) is 19.3 Å². The third kappa shape index (κ3) is 2.36. The molecule has 0 aromatic carbocycles. The molecule has 0 radical (unpaired) electrons. The van der Waals surface area contributed by atoms with Gasteiger partial charge in [-0.05, 0) is 32.0 Å². The van der Waals surface area contributed by atoms with Crippen LogP contribution in [0.4, 0.5) is 0 Å². The lowest BCUT2D eigenvalue weighted by Crippen LogP contribution is -2.43. The average molecular weight is 208 g/mol. The summed E-state index contributed by atoms with van der Waals surface area (Å²) < 4.78 is 1.59. The van der Waals surface area contributed by atoms with Crippen LogP contribution < -0.4 is 10.6 Å². The Morgan fingerprint density at radius 2 is 2.33 bits per heavy atom. The lowest BCUT2D eigenvalue weighted by atomic mass is 10.1. The summed E-state index contributed by atoms with van der Waals surface area (Å²) in [5.74, 6) is -0.0260. The number of amides is 1. The van der Waals surface area contributed by atoms with E-state index in [1.54, 1.807) is 24.0 Å². The van der Waals surface area contributed by atoms with Crippen LogP contribution in [0.1, 0.15) is 23.3 Å². The molecule has 1 aromatic rings. The van der Waals surface area contributed by atoms with Crippen LogP contribution in [-0.4, -0.2) is 34.8 Å². The number of hydrogen-bond donors (Lipinski definition) is 2. The Morgan fingerprint density at radius 3 is 2.93 bits per heavy atom. The second-order valence-electron chi connectivity index (χ2n) is 3.84. The highest BCUT2D eigenvalue weighted by Gasteiger charge is 2.17. The average Bonchev–Trinajstić information content (AvgIpc) is 2.66. The Balaban J connectivity index is 1.94. The van der Waals surface area contributed by atoms with Crippen LogP contribution in [0.5, 0.6) is 0 Å². The SMILES string of the molecule is Cn1nccc1C(=O)NC1CCNCC1. The topological polar surface area (TPSA) is 59.0 Å². The number of aryl methyl sites for hydroxylation is 1. The molecule has 0 unspecified atom stereocenters. The molecule has 0 spiro atoms. The molecule has 82 valence electrons. The first kappa shape index (κ1) is 10.2. The summed E-state index contributed by atoms with van der Waals surface area (Å²) in [6.07, 6.45) is 3.64. The molecule has 1 aromatic heterocycles. The van der Waals surface area contributed by atoms with Crippen LogP contribution in [0, 0.1) is 0 Å². The first-order valence-corrected chi connectivity index (χ1v) is 5.27. The monoisotopic (exact) mass is 208 g/mol. The zero-order valence-electron chi connectivity index (χ0n) is 8.86. The summed E-state index contributed by atoms with van der Waals surface area (Å²) in [5.41, 5.74) is 0.619. The van der Waals surface area contributed by atoms with Crippen LogP contribution in [0.2, 0.25) is 0 Å². The summed E-state index contributed by atoms with van der Waals surface area (Å²) >= 11 is 0. The lowest BCUT2D eigenvalue weighted by Gasteiger charge is -2.23. The van der Waals surface area contributed by atoms with E-state index in [2.05, 4.69) is 15.7 Å². The normalized spacial score (nSPS) is 17.7. The second-order valence-corrected chi connectivity index (χ2v) is 3.84. The molecule has 1 aliphatic heterocycles. The van der Waals surface area contributed by atoms with Crippen molar-refractivity contribution in [3.05, 3.63) is 18.0 Å². The van der Waals surface area contributed by atoms with Gasteiger partial charge in [-0.2, -0.15) is 5.10 Å². The van der Waals surface area contributed by atoms with Crippen molar-refractivity contribution in [1.82, 2.24) is 20.4 Å². The van der Waals surface area contributed by atoms with Crippen molar-refractivity contribution in [3.63, 3.8) is 0 Å². The molecule has 0 bridgehead atoms. The summed E-state index contributed by atoms with van der Waals surface area (Å²) in [5, 5.41) is 10.3. The molecule has 5 nitrogen and oxygen atoms in total. The van der Waals surface area contributed by atoms with Gasteiger partial charge in [0.15, 0.2) is 0 Å². The number of carbonyl (C=O) groups is 1. The fourth-order valence-corrected chi connectivity index (χ4v) is 1.82. The van der Waals surface area contributed by atoms with Gasteiger partial charge in [-0.3, -0.25) is 9.48 Å². The fourth-order valence-electron chi connectivity index (χ4n) is 1.82. The molecular formula is C10H16N4O. The van der Waals surface area contributed by atoms with Crippen LogP contribution in [0.25, 0.3) is 0 Å². The van der Waals surface area contributed by atoms with E-state index in [0.29, 0.717) is 11.7 Å². The maximum Gasteiger partial charge on any atom is 0.269 e. The number of nitrogens with one attached hydrogen (secondary N) is 2. The largest absolute Gasteiger partial charge is 0.348 e. The van der Waals surface area contributed by atoms with E-state index in [4.69, 9.17) is 0 Å². The maximum absolute atomic E-state index is 11.8. The van der Waals surface area contributed by atoms with Gasteiger partial charge in [0.05, 0.1) is 0 Å². The zero-order valence-corrected chi connectivity index (χ0v) is 8.86. The number of hydrogen-bond acceptors (Lipinski definition) is 3. The Morgan fingerprint density at radius 1 is 1.60 bits per heavy atom. The predicted octanol–water partition coefficient (Wildman–Crippen LogP) is -0.0981. The third-order valence-corrected chi connectivity index (χ3v) is 2.73. The van der Waals surface area contributed by atoms with Gasteiger partial charge in [0.25, 0.3) is 5.91 Å². The van der Waals surface area contributed by atoms with Crippen molar-refractivity contribution in [2.24, 2.45) is 7.05 Å². The van der Waals surface area contributed by atoms with Gasteiger partial charge in [-0.1, -0.05) is 0 Å². The molecule has 0 aliphatic carbocycles. The highest BCUT2D eigenvalue weighted by atomic mass is 16.2. The van der Waals surface area contributed by atoms with E-state index in [9.17, 15) is 4.79 Å². The minimum Gasteiger partial charge on any atom is -0.348 e. The minimum atomic E-state index is -0.0260. The Bertz CT molecular complexity index is 341. The van der Waals surface area contributed by atoms with Gasteiger partial charge in [0.2, 0.25) is 0 Å². The van der Waals surface area contributed by atoms with Crippen LogP contribution in [0.3, 0.4) is 0 Å². The first-order valence-electron chi connectivity index (χ1n) is 5.27. The van der Waals surface area contributed by atoms with Crippen molar-refractivity contribution in [2.75, 3.05) is 13.1 Å². The van der Waals surface area contributed by atoms with Crippen LogP contribution in [-0.2, 0) is 7.05 Å². The molecule has 1 saturated heterocycles. The van der Waals surface area contributed by atoms with Gasteiger partial charge >= 0.3 is 0 Å². The number of nitrogens with zero attached hydrogens (tertiary/aromatic N) is 2. The van der Waals surface area contributed by atoms with Gasteiger partial charge in [-0.15, -0.1) is 0 Å².